The topological polar surface area (TPSA) is 56.3 Å². The summed E-state index contributed by atoms with van der Waals surface area (Å²) >= 11 is 1.50. The van der Waals surface area contributed by atoms with E-state index in [-0.39, 0.29) is 22.7 Å². The molecule has 0 radical (unpaired) electrons. The monoisotopic (exact) mass is 483 g/mol. The predicted molar refractivity (Wildman–Crippen MR) is 131 cm³/mol. The lowest BCUT2D eigenvalue weighted by Crippen LogP contribution is -2.23. The summed E-state index contributed by atoms with van der Waals surface area (Å²) in [5.74, 6) is -0.0262. The summed E-state index contributed by atoms with van der Waals surface area (Å²) in [6, 6.07) is 13.0. The van der Waals surface area contributed by atoms with E-state index in [4.69, 9.17) is 9.72 Å². The standard InChI is InChI=1S/C26H26FNO3S2/c1-16-13-17(2)18(3)23(14-16)31-15-24-28-25(19-5-9-21(27)10-6-19)26(32-24)20-7-11-22(12-8-20)33(4,29)30/h5-14,18,23H,15H2,1-4H3/t18-,23?/m1/s1. The Balaban J connectivity index is 1.67. The summed E-state index contributed by atoms with van der Waals surface area (Å²) in [6.07, 6.45) is 5.48. The summed E-state index contributed by atoms with van der Waals surface area (Å²) in [5.41, 5.74) is 4.85. The first-order chi connectivity index (χ1) is 15.6. The van der Waals surface area contributed by atoms with Gasteiger partial charge < -0.3 is 4.74 Å². The molecule has 7 heteroatoms. The number of hydrogen-bond donors (Lipinski definition) is 0. The Bertz CT molecular complexity index is 1320. The van der Waals surface area contributed by atoms with Crippen LogP contribution in [0.3, 0.4) is 0 Å². The average Bonchev–Trinajstić information content (AvgIpc) is 3.19. The van der Waals surface area contributed by atoms with Crippen molar-refractivity contribution in [3.8, 4) is 21.7 Å². The summed E-state index contributed by atoms with van der Waals surface area (Å²) < 4.78 is 43.4. The highest BCUT2D eigenvalue weighted by Crippen LogP contribution is 2.38. The zero-order valence-corrected chi connectivity index (χ0v) is 20.6. The highest BCUT2D eigenvalue weighted by atomic mass is 32.2. The Kier molecular flexibility index (Phi) is 6.66. The van der Waals surface area contributed by atoms with Crippen LogP contribution in [-0.2, 0) is 21.2 Å². The van der Waals surface area contributed by atoms with E-state index in [1.165, 1.54) is 40.9 Å². The zero-order valence-electron chi connectivity index (χ0n) is 19.0. The molecule has 4 rings (SSSR count). The van der Waals surface area contributed by atoms with Crippen LogP contribution in [0, 0.1) is 11.7 Å². The Labute approximate surface area is 198 Å². The van der Waals surface area contributed by atoms with Crippen molar-refractivity contribution in [2.45, 2.75) is 38.4 Å². The number of thiazole rings is 1. The van der Waals surface area contributed by atoms with Crippen LogP contribution in [0.4, 0.5) is 4.39 Å². The maximum Gasteiger partial charge on any atom is 0.175 e. The molecule has 0 aliphatic heterocycles. The Morgan fingerprint density at radius 2 is 1.67 bits per heavy atom. The third-order valence-corrected chi connectivity index (χ3v) is 8.03. The van der Waals surface area contributed by atoms with Crippen molar-refractivity contribution in [1.82, 2.24) is 4.98 Å². The van der Waals surface area contributed by atoms with Crippen LogP contribution in [0.1, 0.15) is 25.8 Å². The van der Waals surface area contributed by atoms with Gasteiger partial charge in [-0.15, -0.1) is 11.3 Å². The van der Waals surface area contributed by atoms with Crippen LogP contribution < -0.4 is 0 Å². The lowest BCUT2D eigenvalue weighted by Gasteiger charge is -2.26. The third-order valence-electron chi connectivity index (χ3n) is 5.83. The first-order valence-corrected chi connectivity index (χ1v) is 13.4. The molecular formula is C26H26FNO3S2. The molecule has 0 bridgehead atoms. The molecule has 3 aromatic rings. The van der Waals surface area contributed by atoms with Gasteiger partial charge in [0, 0.05) is 17.7 Å². The average molecular weight is 484 g/mol. The van der Waals surface area contributed by atoms with E-state index in [2.05, 4.69) is 32.9 Å². The van der Waals surface area contributed by atoms with Gasteiger partial charge in [0.05, 0.1) is 28.2 Å². The number of sulfone groups is 1. The van der Waals surface area contributed by atoms with Gasteiger partial charge in [0.15, 0.2) is 9.84 Å². The highest BCUT2D eigenvalue weighted by molar-refractivity contribution is 7.90. The van der Waals surface area contributed by atoms with Gasteiger partial charge in [-0.3, -0.25) is 0 Å². The molecule has 0 saturated heterocycles. The van der Waals surface area contributed by atoms with Gasteiger partial charge in [0.25, 0.3) is 0 Å². The number of allylic oxidation sites excluding steroid dienone is 2. The van der Waals surface area contributed by atoms with E-state index in [1.807, 2.05) is 0 Å². The molecular weight excluding hydrogens is 457 g/mol. The quantitative estimate of drug-likeness (QED) is 0.404. The lowest BCUT2D eigenvalue weighted by molar-refractivity contribution is 0.0457. The predicted octanol–water partition coefficient (Wildman–Crippen LogP) is 6.45. The first-order valence-electron chi connectivity index (χ1n) is 10.7. The number of rotatable bonds is 6. The van der Waals surface area contributed by atoms with Crippen molar-refractivity contribution < 1.29 is 17.5 Å². The number of halogens is 1. The van der Waals surface area contributed by atoms with E-state index >= 15 is 0 Å². The Hall–Kier alpha value is -2.61. The normalized spacial score (nSPS) is 18.7. The van der Waals surface area contributed by atoms with Gasteiger partial charge in [0.1, 0.15) is 10.8 Å². The fourth-order valence-corrected chi connectivity index (χ4v) is 5.48. The fraction of sp³-hybridized carbons (Fsp3) is 0.269. The van der Waals surface area contributed by atoms with Gasteiger partial charge in [-0.1, -0.05) is 42.4 Å². The molecule has 0 saturated carbocycles. The van der Waals surface area contributed by atoms with Gasteiger partial charge in [0.2, 0.25) is 0 Å². The second-order valence-corrected chi connectivity index (χ2v) is 11.6. The van der Waals surface area contributed by atoms with E-state index in [1.54, 1.807) is 36.4 Å². The number of hydrogen-bond acceptors (Lipinski definition) is 5. The lowest BCUT2D eigenvalue weighted by atomic mass is 9.89. The summed E-state index contributed by atoms with van der Waals surface area (Å²) in [6.45, 7) is 6.69. The van der Waals surface area contributed by atoms with E-state index in [0.717, 1.165) is 26.7 Å². The summed E-state index contributed by atoms with van der Waals surface area (Å²) in [5, 5.41) is 0.807. The van der Waals surface area contributed by atoms with Crippen molar-refractivity contribution in [3.63, 3.8) is 0 Å². The maximum absolute atomic E-state index is 13.5. The molecule has 172 valence electrons. The molecule has 2 aromatic carbocycles. The van der Waals surface area contributed by atoms with Crippen molar-refractivity contribution in [2.24, 2.45) is 5.92 Å². The van der Waals surface area contributed by atoms with Crippen LogP contribution in [0.25, 0.3) is 21.7 Å². The molecule has 0 fully saturated rings. The molecule has 2 atom stereocenters. The number of ether oxygens (including phenoxy) is 1. The Morgan fingerprint density at radius 3 is 2.30 bits per heavy atom. The smallest absolute Gasteiger partial charge is 0.175 e. The second-order valence-electron chi connectivity index (χ2n) is 8.45. The number of aromatic nitrogens is 1. The van der Waals surface area contributed by atoms with Crippen LogP contribution in [0.5, 0.6) is 0 Å². The molecule has 0 N–H and O–H groups in total. The van der Waals surface area contributed by atoms with E-state index < -0.39 is 9.84 Å². The fourth-order valence-electron chi connectivity index (χ4n) is 3.84. The van der Waals surface area contributed by atoms with Crippen molar-refractivity contribution in [2.75, 3.05) is 6.26 Å². The van der Waals surface area contributed by atoms with Gasteiger partial charge >= 0.3 is 0 Å². The molecule has 0 spiro atoms. The SMILES string of the molecule is CC1=CC(OCc2nc(-c3ccc(F)cc3)c(-c3ccc(S(C)(=O)=O)cc3)s2)[C@H](C)C(C)=C1. The minimum atomic E-state index is -3.28. The molecule has 0 amide bonds. The third kappa shape index (κ3) is 5.32. The van der Waals surface area contributed by atoms with Gasteiger partial charge in [-0.25, -0.2) is 17.8 Å². The highest BCUT2D eigenvalue weighted by Gasteiger charge is 2.22. The van der Waals surface area contributed by atoms with Crippen molar-refractivity contribution in [3.05, 3.63) is 82.7 Å². The van der Waals surface area contributed by atoms with Crippen molar-refractivity contribution in [1.29, 1.82) is 0 Å². The first kappa shape index (κ1) is 23.5. The number of nitrogens with zero attached hydrogens (tertiary/aromatic N) is 1. The zero-order chi connectivity index (χ0) is 23.8. The minimum Gasteiger partial charge on any atom is -0.366 e. The largest absolute Gasteiger partial charge is 0.366 e. The number of benzene rings is 2. The second kappa shape index (κ2) is 9.33. The molecule has 1 aliphatic rings. The molecule has 1 heterocycles. The van der Waals surface area contributed by atoms with Crippen LogP contribution >= 0.6 is 11.3 Å². The van der Waals surface area contributed by atoms with E-state index in [9.17, 15) is 12.8 Å². The summed E-state index contributed by atoms with van der Waals surface area (Å²) in [4.78, 5) is 5.97. The Morgan fingerprint density at radius 1 is 1.03 bits per heavy atom. The molecule has 4 nitrogen and oxygen atoms in total. The molecule has 33 heavy (non-hydrogen) atoms. The minimum absolute atomic E-state index is 0.0225. The van der Waals surface area contributed by atoms with E-state index in [0.29, 0.717) is 6.61 Å². The van der Waals surface area contributed by atoms with Crippen LogP contribution in [0.2, 0.25) is 0 Å². The van der Waals surface area contributed by atoms with Crippen LogP contribution in [-0.4, -0.2) is 25.8 Å². The molecule has 1 unspecified atom stereocenters. The molecule has 1 aliphatic carbocycles. The van der Waals surface area contributed by atoms with Crippen molar-refractivity contribution >= 4 is 21.2 Å². The van der Waals surface area contributed by atoms with Gasteiger partial charge in [-0.05, 0) is 55.8 Å². The summed E-state index contributed by atoms with van der Waals surface area (Å²) in [7, 11) is -3.28. The maximum atomic E-state index is 13.5. The molecule has 1 aromatic heterocycles. The van der Waals surface area contributed by atoms with Crippen LogP contribution in [0.15, 0.2) is 76.7 Å². The van der Waals surface area contributed by atoms with Gasteiger partial charge in [-0.2, -0.15) is 0 Å².